The maximum Gasteiger partial charge on any atom is 0.240 e. The first-order valence-electron chi connectivity index (χ1n) is 6.09. The molecule has 2 aromatic carbocycles. The van der Waals surface area contributed by atoms with Gasteiger partial charge in [0.1, 0.15) is 4.90 Å². The van der Waals surface area contributed by atoms with E-state index in [9.17, 15) is 8.42 Å². The van der Waals surface area contributed by atoms with Crippen LogP contribution in [0.15, 0.2) is 47.4 Å². The lowest BCUT2D eigenvalue weighted by Gasteiger charge is -2.13. The van der Waals surface area contributed by atoms with E-state index in [-0.39, 0.29) is 10.6 Å². The molecule has 0 aliphatic rings. The third kappa shape index (κ3) is 3.09. The fraction of sp³-hybridized carbons (Fsp3) is 0.143. The normalized spacial score (nSPS) is 11.3. The molecule has 2 aromatic rings. The molecule has 0 bridgehead atoms. The average Bonchev–Trinajstić information content (AvgIpc) is 2.38. The van der Waals surface area contributed by atoms with Crippen molar-refractivity contribution in [1.82, 2.24) is 0 Å². The lowest BCUT2D eigenvalue weighted by atomic mass is 10.1. The zero-order chi connectivity index (χ0) is 14.8. The van der Waals surface area contributed by atoms with E-state index >= 15 is 0 Å². The molecule has 0 heterocycles. The van der Waals surface area contributed by atoms with Gasteiger partial charge in [0.15, 0.2) is 0 Å². The predicted octanol–water partition coefficient (Wildman–Crippen LogP) is 1.84. The van der Waals surface area contributed by atoms with Crippen LogP contribution >= 0.6 is 0 Å². The first-order valence-corrected chi connectivity index (χ1v) is 7.64. The summed E-state index contributed by atoms with van der Waals surface area (Å²) < 4.78 is 22.8. The molecule has 0 saturated heterocycles. The monoisotopic (exact) mass is 291 g/mol. The van der Waals surface area contributed by atoms with Gasteiger partial charge in [-0.2, -0.15) is 0 Å². The molecule has 0 atom stereocenters. The van der Waals surface area contributed by atoms with E-state index in [2.05, 4.69) is 5.32 Å². The van der Waals surface area contributed by atoms with Crippen LogP contribution in [0.4, 0.5) is 11.4 Å². The van der Waals surface area contributed by atoms with Crippen molar-refractivity contribution >= 4 is 21.4 Å². The molecule has 2 rings (SSSR count). The highest BCUT2D eigenvalue weighted by Crippen LogP contribution is 2.26. The predicted molar refractivity (Wildman–Crippen MR) is 80.7 cm³/mol. The van der Waals surface area contributed by atoms with Crippen molar-refractivity contribution in [3.8, 4) is 0 Å². The molecular weight excluding hydrogens is 274 g/mol. The molecule has 0 unspecified atom stereocenters. The Kier molecular flexibility index (Phi) is 3.96. The fourth-order valence-corrected chi connectivity index (χ4v) is 2.63. The summed E-state index contributed by atoms with van der Waals surface area (Å²) in [7, 11) is -3.81. The Bertz CT molecular complexity index is 727. The molecule has 0 aliphatic carbocycles. The highest BCUT2D eigenvalue weighted by molar-refractivity contribution is 7.89. The van der Waals surface area contributed by atoms with Crippen molar-refractivity contribution in [3.05, 3.63) is 53.6 Å². The maximum atomic E-state index is 11.4. The Morgan fingerprint density at radius 3 is 2.45 bits per heavy atom. The van der Waals surface area contributed by atoms with E-state index in [1.807, 2.05) is 31.2 Å². The number of sulfonamides is 1. The summed E-state index contributed by atoms with van der Waals surface area (Å²) in [6, 6.07) is 12.7. The number of hydrogen-bond donors (Lipinski definition) is 3. The second-order valence-corrected chi connectivity index (χ2v) is 6.07. The minimum atomic E-state index is -3.81. The molecule has 0 saturated carbocycles. The Morgan fingerprint density at radius 2 is 1.80 bits per heavy atom. The van der Waals surface area contributed by atoms with E-state index in [1.54, 1.807) is 12.1 Å². The number of rotatable bonds is 4. The SMILES string of the molecule is Cc1ccccc1CNc1cccc(S(N)(=O)=O)c1N. The van der Waals surface area contributed by atoms with Crippen LogP contribution < -0.4 is 16.2 Å². The molecule has 0 fully saturated rings. The van der Waals surface area contributed by atoms with Crippen molar-refractivity contribution in [3.63, 3.8) is 0 Å². The first-order chi connectivity index (χ1) is 9.39. The summed E-state index contributed by atoms with van der Waals surface area (Å²) in [5.74, 6) is 0. The summed E-state index contributed by atoms with van der Waals surface area (Å²) in [6.45, 7) is 2.58. The van der Waals surface area contributed by atoms with Gasteiger partial charge in [0.05, 0.1) is 11.4 Å². The van der Waals surface area contributed by atoms with E-state index in [4.69, 9.17) is 10.9 Å². The number of aryl methyl sites for hydroxylation is 1. The molecule has 0 aromatic heterocycles. The van der Waals surface area contributed by atoms with E-state index in [0.717, 1.165) is 11.1 Å². The smallest absolute Gasteiger partial charge is 0.240 e. The van der Waals surface area contributed by atoms with Crippen molar-refractivity contribution in [2.24, 2.45) is 5.14 Å². The van der Waals surface area contributed by atoms with Gasteiger partial charge in [0, 0.05) is 6.54 Å². The van der Waals surface area contributed by atoms with Crippen LogP contribution in [-0.2, 0) is 16.6 Å². The molecule has 0 aliphatic heterocycles. The Hall–Kier alpha value is -2.05. The van der Waals surface area contributed by atoms with Gasteiger partial charge in [-0.25, -0.2) is 13.6 Å². The highest BCUT2D eigenvalue weighted by atomic mass is 32.2. The summed E-state index contributed by atoms with van der Waals surface area (Å²) in [4.78, 5) is -0.0627. The van der Waals surface area contributed by atoms with Crippen molar-refractivity contribution in [2.45, 2.75) is 18.4 Å². The van der Waals surface area contributed by atoms with Crippen molar-refractivity contribution < 1.29 is 8.42 Å². The molecule has 20 heavy (non-hydrogen) atoms. The Balaban J connectivity index is 2.25. The van der Waals surface area contributed by atoms with Crippen LogP contribution in [0.5, 0.6) is 0 Å². The summed E-state index contributed by atoms with van der Waals surface area (Å²) in [6.07, 6.45) is 0. The Morgan fingerprint density at radius 1 is 1.10 bits per heavy atom. The number of anilines is 2. The van der Waals surface area contributed by atoms with Crippen LogP contribution in [-0.4, -0.2) is 8.42 Å². The highest BCUT2D eigenvalue weighted by Gasteiger charge is 2.14. The summed E-state index contributed by atoms with van der Waals surface area (Å²) >= 11 is 0. The maximum absolute atomic E-state index is 11.4. The third-order valence-corrected chi connectivity index (χ3v) is 4.07. The number of hydrogen-bond acceptors (Lipinski definition) is 4. The van der Waals surface area contributed by atoms with Gasteiger partial charge in [-0.3, -0.25) is 0 Å². The van der Waals surface area contributed by atoms with Gasteiger partial charge in [-0.05, 0) is 30.2 Å². The Labute approximate surface area is 118 Å². The van der Waals surface area contributed by atoms with Gasteiger partial charge in [0.2, 0.25) is 10.0 Å². The third-order valence-electron chi connectivity index (χ3n) is 3.10. The van der Waals surface area contributed by atoms with Crippen LogP contribution in [0.2, 0.25) is 0 Å². The minimum Gasteiger partial charge on any atom is -0.396 e. The van der Waals surface area contributed by atoms with E-state index < -0.39 is 10.0 Å². The number of benzene rings is 2. The quantitative estimate of drug-likeness (QED) is 0.748. The lowest BCUT2D eigenvalue weighted by molar-refractivity contribution is 0.598. The molecule has 0 spiro atoms. The van der Waals surface area contributed by atoms with Gasteiger partial charge in [0.25, 0.3) is 0 Å². The molecule has 6 heteroatoms. The van der Waals surface area contributed by atoms with Crippen LogP contribution in [0.1, 0.15) is 11.1 Å². The van der Waals surface area contributed by atoms with Crippen molar-refractivity contribution in [2.75, 3.05) is 11.1 Å². The number of nitrogens with two attached hydrogens (primary N) is 2. The largest absolute Gasteiger partial charge is 0.396 e. The van der Waals surface area contributed by atoms with Gasteiger partial charge >= 0.3 is 0 Å². The van der Waals surface area contributed by atoms with Gasteiger partial charge < -0.3 is 11.1 Å². The first kappa shape index (κ1) is 14.4. The zero-order valence-corrected chi connectivity index (χ0v) is 11.9. The molecule has 106 valence electrons. The van der Waals surface area contributed by atoms with Gasteiger partial charge in [-0.1, -0.05) is 30.3 Å². The molecule has 0 amide bonds. The average molecular weight is 291 g/mol. The second-order valence-electron chi connectivity index (χ2n) is 4.54. The van der Waals surface area contributed by atoms with Crippen LogP contribution in [0, 0.1) is 6.92 Å². The van der Waals surface area contributed by atoms with Gasteiger partial charge in [-0.15, -0.1) is 0 Å². The van der Waals surface area contributed by atoms with Crippen LogP contribution in [0.25, 0.3) is 0 Å². The molecule has 0 radical (unpaired) electrons. The number of nitrogen functional groups attached to an aromatic ring is 1. The minimum absolute atomic E-state index is 0.0627. The van der Waals surface area contributed by atoms with Crippen LogP contribution in [0.3, 0.4) is 0 Å². The summed E-state index contributed by atoms with van der Waals surface area (Å²) in [5.41, 5.74) is 8.82. The standard InChI is InChI=1S/C14H17N3O2S/c1-10-5-2-3-6-11(10)9-17-12-7-4-8-13(14(12)15)20(16,18)19/h2-8,17H,9,15H2,1H3,(H2,16,18,19). The lowest BCUT2D eigenvalue weighted by Crippen LogP contribution is -2.15. The summed E-state index contributed by atoms with van der Waals surface area (Å²) in [5, 5.41) is 8.26. The topological polar surface area (TPSA) is 98.2 Å². The fourth-order valence-electron chi connectivity index (χ4n) is 1.95. The second kappa shape index (κ2) is 5.52. The number of nitrogens with one attached hydrogen (secondary N) is 1. The number of primary sulfonamides is 1. The van der Waals surface area contributed by atoms with Crippen molar-refractivity contribution in [1.29, 1.82) is 0 Å². The van der Waals surface area contributed by atoms with E-state index in [1.165, 1.54) is 6.07 Å². The molecular formula is C14H17N3O2S. The van der Waals surface area contributed by atoms with E-state index in [0.29, 0.717) is 12.2 Å². The molecule has 5 nitrogen and oxygen atoms in total. The zero-order valence-electron chi connectivity index (χ0n) is 11.1. The number of para-hydroxylation sites is 1. The molecule has 5 N–H and O–H groups in total.